The highest BCUT2D eigenvalue weighted by Gasteiger charge is 2.16. The van der Waals surface area contributed by atoms with E-state index in [0.717, 1.165) is 16.7 Å². The predicted octanol–water partition coefficient (Wildman–Crippen LogP) is 3.09. The van der Waals surface area contributed by atoms with Gasteiger partial charge in [0.25, 0.3) is 0 Å². The highest BCUT2D eigenvalue weighted by molar-refractivity contribution is 8.00. The summed E-state index contributed by atoms with van der Waals surface area (Å²) < 4.78 is 2.25. The Labute approximate surface area is 148 Å². The molecule has 0 radical (unpaired) electrons. The van der Waals surface area contributed by atoms with E-state index in [-0.39, 0.29) is 11.2 Å². The van der Waals surface area contributed by atoms with Crippen LogP contribution in [0.25, 0.3) is 16.7 Å². The van der Waals surface area contributed by atoms with Crippen molar-refractivity contribution in [1.82, 2.24) is 25.1 Å². The summed E-state index contributed by atoms with van der Waals surface area (Å²) in [6.07, 6.45) is 1.70. The number of rotatable bonds is 5. The topological polar surface area (TPSA) is 75.6 Å². The lowest BCUT2D eigenvalue weighted by Crippen LogP contribution is -2.30. The third kappa shape index (κ3) is 3.34. The van der Waals surface area contributed by atoms with Crippen molar-refractivity contribution >= 4 is 40.9 Å². The van der Waals surface area contributed by atoms with Gasteiger partial charge in [-0.1, -0.05) is 42.2 Å². The number of aromatic amines is 1. The number of carbonyl (C=O) groups excluding carboxylic acids is 1. The van der Waals surface area contributed by atoms with Gasteiger partial charge in [-0.25, -0.2) is 9.67 Å². The van der Waals surface area contributed by atoms with Crippen LogP contribution in [0, 0.1) is 4.64 Å². The number of hydrogen-bond acceptors (Lipinski definition) is 5. The minimum absolute atomic E-state index is 0.0275. The standard InChI is InChI=1S/C16H17N5OS2/c1-3-17-14(22)10(2)24-16-19-13-12(15(23)20-16)9-18-21(13)11-7-5-4-6-8-11/h4-10H,3H2,1-2H3,(H,17,22)(H,19,20,23). The van der Waals surface area contributed by atoms with Crippen molar-refractivity contribution in [2.45, 2.75) is 24.3 Å². The lowest BCUT2D eigenvalue weighted by Gasteiger charge is -2.10. The van der Waals surface area contributed by atoms with Gasteiger partial charge in [-0.05, 0) is 26.0 Å². The monoisotopic (exact) mass is 359 g/mol. The van der Waals surface area contributed by atoms with Gasteiger partial charge in [0.15, 0.2) is 5.16 Å². The van der Waals surface area contributed by atoms with Gasteiger partial charge in [0.1, 0.15) is 10.3 Å². The largest absolute Gasteiger partial charge is 0.355 e. The molecule has 2 heterocycles. The summed E-state index contributed by atoms with van der Waals surface area (Å²) in [5.41, 5.74) is 1.70. The Balaban J connectivity index is 2.00. The zero-order valence-corrected chi connectivity index (χ0v) is 14.9. The first kappa shape index (κ1) is 16.7. The minimum Gasteiger partial charge on any atom is -0.355 e. The molecule has 8 heteroatoms. The molecule has 3 aromatic rings. The number of thioether (sulfide) groups is 1. The van der Waals surface area contributed by atoms with Crippen molar-refractivity contribution in [3.05, 3.63) is 41.2 Å². The fraction of sp³-hybridized carbons (Fsp3) is 0.250. The van der Waals surface area contributed by atoms with Gasteiger partial charge in [0.05, 0.1) is 22.5 Å². The Bertz CT molecular complexity index is 919. The van der Waals surface area contributed by atoms with Crippen molar-refractivity contribution < 1.29 is 4.79 Å². The molecule has 2 aromatic heterocycles. The summed E-state index contributed by atoms with van der Waals surface area (Å²) in [5, 5.41) is 8.32. The fourth-order valence-corrected chi connectivity index (χ4v) is 3.39. The van der Waals surface area contributed by atoms with E-state index < -0.39 is 0 Å². The number of carbonyl (C=O) groups is 1. The lowest BCUT2D eigenvalue weighted by atomic mass is 10.3. The normalized spacial score (nSPS) is 12.2. The number of nitrogens with zero attached hydrogens (tertiary/aromatic N) is 3. The van der Waals surface area contributed by atoms with Gasteiger partial charge >= 0.3 is 0 Å². The van der Waals surface area contributed by atoms with Crippen molar-refractivity contribution in [1.29, 1.82) is 0 Å². The van der Waals surface area contributed by atoms with Crippen molar-refractivity contribution in [3.63, 3.8) is 0 Å². The number of aromatic nitrogens is 4. The van der Waals surface area contributed by atoms with Crippen LogP contribution in [0.3, 0.4) is 0 Å². The molecule has 1 amide bonds. The molecule has 1 aromatic carbocycles. The molecule has 2 N–H and O–H groups in total. The number of amides is 1. The van der Waals surface area contributed by atoms with Gasteiger partial charge in [0.2, 0.25) is 5.91 Å². The van der Waals surface area contributed by atoms with E-state index in [9.17, 15) is 4.79 Å². The van der Waals surface area contributed by atoms with Crippen LogP contribution in [0.2, 0.25) is 0 Å². The fourth-order valence-electron chi connectivity index (χ4n) is 2.27. The van der Waals surface area contributed by atoms with Crippen molar-refractivity contribution in [3.8, 4) is 5.69 Å². The van der Waals surface area contributed by atoms with Crippen molar-refractivity contribution in [2.75, 3.05) is 6.54 Å². The molecule has 0 aliphatic carbocycles. The second-order valence-corrected chi connectivity index (χ2v) is 6.87. The van der Waals surface area contributed by atoms with E-state index in [1.807, 2.05) is 44.2 Å². The van der Waals surface area contributed by atoms with Crippen LogP contribution < -0.4 is 5.32 Å². The van der Waals surface area contributed by atoms with Crippen LogP contribution in [0.5, 0.6) is 0 Å². The number of benzene rings is 1. The number of para-hydroxylation sites is 1. The van der Waals surface area contributed by atoms with E-state index in [4.69, 9.17) is 12.2 Å². The molecule has 0 saturated carbocycles. The number of nitrogens with one attached hydrogen (secondary N) is 2. The maximum atomic E-state index is 11.9. The van der Waals surface area contributed by atoms with E-state index in [1.54, 1.807) is 10.9 Å². The Hall–Kier alpha value is -2.19. The first-order chi connectivity index (χ1) is 11.6. The van der Waals surface area contributed by atoms with Crippen LogP contribution in [-0.4, -0.2) is 37.5 Å². The summed E-state index contributed by atoms with van der Waals surface area (Å²) in [7, 11) is 0. The summed E-state index contributed by atoms with van der Waals surface area (Å²) >= 11 is 6.72. The van der Waals surface area contributed by atoms with Crippen LogP contribution >= 0.6 is 24.0 Å². The number of hydrogen-bond donors (Lipinski definition) is 2. The van der Waals surface area contributed by atoms with Crippen molar-refractivity contribution in [2.24, 2.45) is 0 Å². The molecule has 6 nitrogen and oxygen atoms in total. The van der Waals surface area contributed by atoms with Crippen LogP contribution in [0.15, 0.2) is 41.7 Å². The van der Waals surface area contributed by atoms with Gasteiger partial charge < -0.3 is 10.3 Å². The summed E-state index contributed by atoms with van der Waals surface area (Å²) in [4.78, 5) is 19.5. The average Bonchev–Trinajstić information content (AvgIpc) is 3.00. The number of H-pyrrole nitrogens is 1. The smallest absolute Gasteiger partial charge is 0.233 e. The van der Waals surface area contributed by atoms with Crippen LogP contribution in [0.1, 0.15) is 13.8 Å². The molecule has 0 bridgehead atoms. The van der Waals surface area contributed by atoms with E-state index >= 15 is 0 Å². The molecule has 0 spiro atoms. The predicted molar refractivity (Wildman–Crippen MR) is 98.1 cm³/mol. The third-order valence-corrected chi connectivity index (χ3v) is 4.73. The van der Waals surface area contributed by atoms with Crippen LogP contribution in [0.4, 0.5) is 0 Å². The summed E-state index contributed by atoms with van der Waals surface area (Å²) in [5.74, 6) is -0.0275. The molecule has 3 rings (SSSR count). The molecule has 0 aliphatic heterocycles. The first-order valence-corrected chi connectivity index (χ1v) is 8.86. The average molecular weight is 359 g/mol. The van der Waals surface area contributed by atoms with Gasteiger partial charge in [-0.3, -0.25) is 4.79 Å². The highest BCUT2D eigenvalue weighted by Crippen LogP contribution is 2.24. The Morgan fingerprint density at radius 2 is 2.17 bits per heavy atom. The highest BCUT2D eigenvalue weighted by atomic mass is 32.2. The maximum Gasteiger partial charge on any atom is 0.233 e. The van der Waals surface area contributed by atoms with Crippen LogP contribution in [-0.2, 0) is 4.79 Å². The maximum absolute atomic E-state index is 11.9. The van der Waals surface area contributed by atoms with Gasteiger partial charge in [-0.15, -0.1) is 0 Å². The third-order valence-electron chi connectivity index (χ3n) is 3.44. The van der Waals surface area contributed by atoms with Gasteiger partial charge in [0, 0.05) is 6.54 Å². The molecule has 1 atom stereocenters. The molecule has 124 valence electrons. The molecule has 0 saturated heterocycles. The van der Waals surface area contributed by atoms with E-state index in [1.165, 1.54) is 11.8 Å². The quantitative estimate of drug-likeness (QED) is 0.416. The summed E-state index contributed by atoms with van der Waals surface area (Å²) in [6, 6.07) is 9.78. The SMILES string of the molecule is CCNC(=O)C(C)Sc1nc(=S)c2cnn(-c3ccccc3)c2[nH]1. The van der Waals surface area contributed by atoms with E-state index in [2.05, 4.69) is 20.4 Å². The molecule has 24 heavy (non-hydrogen) atoms. The first-order valence-electron chi connectivity index (χ1n) is 7.58. The molecular formula is C16H17N5OS2. The summed E-state index contributed by atoms with van der Waals surface area (Å²) in [6.45, 7) is 4.34. The Kier molecular flexibility index (Phi) is 4.96. The zero-order valence-electron chi connectivity index (χ0n) is 13.3. The molecule has 0 aliphatic rings. The van der Waals surface area contributed by atoms with Gasteiger partial charge in [-0.2, -0.15) is 5.10 Å². The Morgan fingerprint density at radius 3 is 2.88 bits per heavy atom. The lowest BCUT2D eigenvalue weighted by molar-refractivity contribution is -0.120. The molecule has 1 unspecified atom stereocenters. The Morgan fingerprint density at radius 1 is 1.42 bits per heavy atom. The number of fused-ring (bicyclic) bond motifs is 1. The minimum atomic E-state index is -0.270. The second-order valence-electron chi connectivity index (χ2n) is 5.16. The molecule has 0 fully saturated rings. The molecular weight excluding hydrogens is 342 g/mol. The second kappa shape index (κ2) is 7.14. The van der Waals surface area contributed by atoms with E-state index in [0.29, 0.717) is 16.3 Å². The zero-order chi connectivity index (χ0) is 17.1.